The van der Waals surface area contributed by atoms with Crippen molar-refractivity contribution in [3.8, 4) is 11.5 Å². The smallest absolute Gasteiger partial charge is 0.265 e. The molecule has 1 atom stereocenters. The van der Waals surface area contributed by atoms with Crippen LogP contribution in [0.4, 0.5) is 5.69 Å². The molecule has 33 heavy (non-hydrogen) atoms. The fraction of sp³-hybridized carbons (Fsp3) is 0.391. The average Bonchev–Trinajstić information content (AvgIpc) is 2.83. The topological polar surface area (TPSA) is 105 Å². The van der Waals surface area contributed by atoms with E-state index in [1.165, 1.54) is 16.4 Å². The number of hydrogen-bond acceptors (Lipinski definition) is 6. The predicted octanol–water partition coefficient (Wildman–Crippen LogP) is 2.34. The van der Waals surface area contributed by atoms with Crippen molar-refractivity contribution in [2.75, 3.05) is 38.1 Å². The summed E-state index contributed by atoms with van der Waals surface area (Å²) >= 11 is 0. The molecule has 2 aromatic rings. The third kappa shape index (κ3) is 4.67. The maximum atomic E-state index is 13.2. The van der Waals surface area contributed by atoms with Crippen LogP contribution in [0, 0.1) is 0 Å². The van der Waals surface area contributed by atoms with E-state index in [1.807, 2.05) is 13.8 Å². The Kier molecular flexibility index (Phi) is 6.57. The molecule has 0 saturated carbocycles. The molecule has 2 amide bonds. The number of nitrogens with one attached hydrogen (secondary N) is 1. The van der Waals surface area contributed by atoms with E-state index in [0.29, 0.717) is 35.8 Å². The molecule has 2 heterocycles. The minimum absolute atomic E-state index is 0.0754. The first-order valence-electron chi connectivity index (χ1n) is 11.0. The zero-order valence-corrected chi connectivity index (χ0v) is 19.4. The van der Waals surface area contributed by atoms with E-state index in [9.17, 15) is 18.0 Å². The van der Waals surface area contributed by atoms with E-state index < -0.39 is 16.1 Å². The maximum Gasteiger partial charge on any atom is 0.265 e. The molecule has 2 aliphatic rings. The number of sulfonamides is 1. The van der Waals surface area contributed by atoms with Gasteiger partial charge in [-0.3, -0.25) is 9.59 Å². The lowest BCUT2D eigenvalue weighted by atomic mass is 10.2. The molecule has 0 radical (unpaired) electrons. The van der Waals surface area contributed by atoms with Crippen LogP contribution >= 0.6 is 0 Å². The molecule has 9 nitrogen and oxygen atoms in total. The van der Waals surface area contributed by atoms with Gasteiger partial charge in [0.25, 0.3) is 11.8 Å². The van der Waals surface area contributed by atoms with Crippen molar-refractivity contribution in [2.45, 2.75) is 31.3 Å². The first-order chi connectivity index (χ1) is 15.8. The fourth-order valence-corrected chi connectivity index (χ4v) is 5.33. The van der Waals surface area contributed by atoms with E-state index in [2.05, 4.69) is 5.32 Å². The second-order valence-corrected chi connectivity index (χ2v) is 9.75. The van der Waals surface area contributed by atoms with E-state index in [4.69, 9.17) is 9.47 Å². The van der Waals surface area contributed by atoms with Gasteiger partial charge in [0.2, 0.25) is 10.0 Å². The van der Waals surface area contributed by atoms with Crippen molar-refractivity contribution < 1.29 is 27.5 Å². The lowest BCUT2D eigenvalue weighted by molar-refractivity contribution is -0.123. The Morgan fingerprint density at radius 2 is 1.79 bits per heavy atom. The van der Waals surface area contributed by atoms with Gasteiger partial charge >= 0.3 is 0 Å². The molecule has 0 aromatic heterocycles. The number of rotatable bonds is 6. The molecule has 0 aliphatic carbocycles. The lowest BCUT2D eigenvalue weighted by Crippen LogP contribution is -2.50. The monoisotopic (exact) mass is 473 g/mol. The maximum absolute atomic E-state index is 13.2. The summed E-state index contributed by atoms with van der Waals surface area (Å²) in [6.07, 6.45) is -0.0636. The standard InChI is InChI=1S/C23H27N3O6S/c1-3-20-22(27)24-19-15-18(9-10-21(19)32-20)33(29,30)26-13-11-25(12-14-26)23(28)16-5-7-17(8-6-16)31-4-2/h5-10,15,20H,3-4,11-14H2,1-2H3,(H,24,27)/t20-/m0/s1. The van der Waals surface area contributed by atoms with Gasteiger partial charge in [-0.1, -0.05) is 6.92 Å². The third-order valence-corrected chi connectivity index (χ3v) is 7.61. The third-order valence-electron chi connectivity index (χ3n) is 5.72. The SMILES string of the molecule is CCOc1ccc(C(=O)N2CCN(S(=O)(=O)c3ccc4c(c3)NC(=O)[C@H](CC)O4)CC2)cc1. The lowest BCUT2D eigenvalue weighted by Gasteiger charge is -2.34. The number of carbonyl (C=O) groups is 2. The number of ether oxygens (including phenoxy) is 2. The molecule has 0 spiro atoms. The number of amides is 2. The number of piperazine rings is 1. The van der Waals surface area contributed by atoms with Crippen LogP contribution in [0.1, 0.15) is 30.6 Å². The summed E-state index contributed by atoms with van der Waals surface area (Å²) in [5.41, 5.74) is 0.876. The second kappa shape index (κ2) is 9.40. The Balaban J connectivity index is 1.42. The van der Waals surface area contributed by atoms with E-state index in [0.717, 1.165) is 0 Å². The number of fused-ring (bicyclic) bond motifs is 1. The highest BCUT2D eigenvalue weighted by Gasteiger charge is 2.32. The first-order valence-corrected chi connectivity index (χ1v) is 12.4. The Bertz CT molecular complexity index is 1140. The van der Waals surface area contributed by atoms with Crippen molar-refractivity contribution in [2.24, 2.45) is 0 Å². The van der Waals surface area contributed by atoms with E-state index in [1.54, 1.807) is 35.2 Å². The summed E-state index contributed by atoms with van der Waals surface area (Å²) in [5.74, 6) is 0.711. The molecule has 2 aromatic carbocycles. The number of nitrogens with zero attached hydrogens (tertiary/aromatic N) is 2. The minimum atomic E-state index is -3.79. The van der Waals surface area contributed by atoms with Crippen LogP contribution in [-0.4, -0.2) is 68.3 Å². The molecule has 2 aliphatic heterocycles. The highest BCUT2D eigenvalue weighted by molar-refractivity contribution is 7.89. The Morgan fingerprint density at radius 3 is 2.42 bits per heavy atom. The molecule has 0 bridgehead atoms. The van der Waals surface area contributed by atoms with Gasteiger partial charge < -0.3 is 19.7 Å². The van der Waals surface area contributed by atoms with Gasteiger partial charge in [-0.2, -0.15) is 4.31 Å². The normalized spacial score (nSPS) is 18.8. The van der Waals surface area contributed by atoms with Gasteiger partial charge in [-0.15, -0.1) is 0 Å². The molecule has 1 saturated heterocycles. The molecular weight excluding hydrogens is 446 g/mol. The van der Waals surface area contributed by atoms with Crippen molar-refractivity contribution in [3.63, 3.8) is 0 Å². The zero-order chi connectivity index (χ0) is 23.6. The number of carbonyl (C=O) groups excluding carboxylic acids is 2. The second-order valence-electron chi connectivity index (χ2n) is 7.82. The summed E-state index contributed by atoms with van der Waals surface area (Å²) in [5, 5.41) is 2.72. The average molecular weight is 474 g/mol. The Hall–Kier alpha value is -3.11. The summed E-state index contributed by atoms with van der Waals surface area (Å²) in [6, 6.07) is 11.4. The van der Waals surface area contributed by atoms with Crippen molar-refractivity contribution in [1.82, 2.24) is 9.21 Å². The van der Waals surface area contributed by atoms with Gasteiger partial charge in [0, 0.05) is 31.7 Å². The Morgan fingerprint density at radius 1 is 1.09 bits per heavy atom. The summed E-state index contributed by atoms with van der Waals surface area (Å²) < 4.78 is 38.7. The van der Waals surface area contributed by atoms with Crippen LogP contribution in [-0.2, 0) is 14.8 Å². The van der Waals surface area contributed by atoms with Crippen LogP contribution in [0.3, 0.4) is 0 Å². The van der Waals surface area contributed by atoms with Crippen LogP contribution in [0.25, 0.3) is 0 Å². The van der Waals surface area contributed by atoms with E-state index >= 15 is 0 Å². The van der Waals surface area contributed by atoms with Gasteiger partial charge in [0.05, 0.1) is 17.2 Å². The zero-order valence-electron chi connectivity index (χ0n) is 18.6. The van der Waals surface area contributed by atoms with Crippen LogP contribution in [0.2, 0.25) is 0 Å². The highest BCUT2D eigenvalue weighted by Crippen LogP contribution is 2.33. The van der Waals surface area contributed by atoms with Gasteiger partial charge in [0.15, 0.2) is 6.10 Å². The molecule has 1 fully saturated rings. The molecular formula is C23H27N3O6S. The van der Waals surface area contributed by atoms with Gasteiger partial charge in [-0.25, -0.2) is 8.42 Å². The van der Waals surface area contributed by atoms with Crippen molar-refractivity contribution in [3.05, 3.63) is 48.0 Å². The quantitative estimate of drug-likeness (QED) is 0.691. The van der Waals surface area contributed by atoms with E-state index in [-0.39, 0.29) is 42.9 Å². The fourth-order valence-electron chi connectivity index (χ4n) is 3.88. The number of anilines is 1. The molecule has 1 N–H and O–H groups in total. The highest BCUT2D eigenvalue weighted by atomic mass is 32.2. The largest absolute Gasteiger partial charge is 0.494 e. The summed E-state index contributed by atoms with van der Waals surface area (Å²) in [4.78, 5) is 26.6. The van der Waals surface area contributed by atoms with Crippen LogP contribution < -0.4 is 14.8 Å². The van der Waals surface area contributed by atoms with Gasteiger partial charge in [0.1, 0.15) is 11.5 Å². The van der Waals surface area contributed by atoms with Crippen LogP contribution in [0.5, 0.6) is 11.5 Å². The molecule has 176 valence electrons. The molecule has 0 unspecified atom stereocenters. The predicted molar refractivity (Wildman–Crippen MR) is 122 cm³/mol. The number of hydrogen-bond donors (Lipinski definition) is 1. The van der Waals surface area contributed by atoms with Crippen LogP contribution in [0.15, 0.2) is 47.4 Å². The minimum Gasteiger partial charge on any atom is -0.494 e. The van der Waals surface area contributed by atoms with Crippen molar-refractivity contribution >= 4 is 27.5 Å². The Labute approximate surface area is 193 Å². The summed E-state index contributed by atoms with van der Waals surface area (Å²) in [6.45, 7) is 5.22. The number of benzene rings is 2. The van der Waals surface area contributed by atoms with Crippen molar-refractivity contribution in [1.29, 1.82) is 0 Å². The first kappa shape index (κ1) is 23.1. The molecule has 10 heteroatoms. The summed E-state index contributed by atoms with van der Waals surface area (Å²) in [7, 11) is -3.79. The molecule has 4 rings (SSSR count). The van der Waals surface area contributed by atoms with Gasteiger partial charge in [-0.05, 0) is 55.8 Å².